The van der Waals surface area contributed by atoms with Gasteiger partial charge in [-0.3, -0.25) is 14.5 Å². The number of hydrogen-bond donors (Lipinski definition) is 0. The quantitative estimate of drug-likeness (QED) is 0.770. The summed E-state index contributed by atoms with van der Waals surface area (Å²) in [6.45, 7) is 3.18. The van der Waals surface area contributed by atoms with Crippen LogP contribution in [0.3, 0.4) is 0 Å². The van der Waals surface area contributed by atoms with Crippen LogP contribution in [0.1, 0.15) is 23.0 Å². The molecule has 1 heterocycles. The van der Waals surface area contributed by atoms with Crippen LogP contribution in [-0.2, 0) is 4.79 Å². The Bertz CT molecular complexity index is 635. The van der Waals surface area contributed by atoms with E-state index in [1.54, 1.807) is 0 Å². The fraction of sp³-hybridized carbons (Fsp3) is 0.214. The lowest BCUT2D eigenvalue weighted by Crippen LogP contribution is -2.32. The fourth-order valence-corrected chi connectivity index (χ4v) is 1.74. The molecule has 0 bridgehead atoms. The molecule has 0 radical (unpaired) electrons. The number of carbonyl (C=O) groups excluding carboxylic acids is 2. The summed E-state index contributed by atoms with van der Waals surface area (Å²) in [6, 6.07) is 9.49. The fourth-order valence-electron chi connectivity index (χ4n) is 1.74. The SMILES string of the molecule is CC(=O)N(C)C(=O)c1nc2ccccc2cc1C. The van der Waals surface area contributed by atoms with Crippen molar-refractivity contribution in [3.8, 4) is 0 Å². The van der Waals surface area contributed by atoms with Crippen molar-refractivity contribution in [1.82, 2.24) is 9.88 Å². The number of para-hydroxylation sites is 1. The molecule has 2 aromatic rings. The number of benzene rings is 1. The molecule has 0 aliphatic rings. The first-order valence-corrected chi connectivity index (χ1v) is 5.65. The second kappa shape index (κ2) is 4.56. The normalized spacial score (nSPS) is 10.4. The minimum atomic E-state index is -0.370. The molecule has 2 rings (SSSR count). The van der Waals surface area contributed by atoms with E-state index in [1.165, 1.54) is 14.0 Å². The average Bonchev–Trinajstić information content (AvgIpc) is 2.36. The molecule has 0 fully saturated rings. The average molecular weight is 242 g/mol. The first-order valence-electron chi connectivity index (χ1n) is 5.65. The molecule has 1 aromatic heterocycles. The topological polar surface area (TPSA) is 50.3 Å². The second-order valence-corrected chi connectivity index (χ2v) is 4.23. The van der Waals surface area contributed by atoms with Crippen LogP contribution < -0.4 is 0 Å². The Morgan fingerprint density at radius 1 is 1.22 bits per heavy atom. The number of rotatable bonds is 1. The van der Waals surface area contributed by atoms with Crippen molar-refractivity contribution >= 4 is 22.7 Å². The Labute approximate surface area is 105 Å². The molecule has 4 heteroatoms. The van der Waals surface area contributed by atoms with Crippen molar-refractivity contribution in [3.63, 3.8) is 0 Å². The van der Waals surface area contributed by atoms with E-state index < -0.39 is 0 Å². The van der Waals surface area contributed by atoms with E-state index in [0.717, 1.165) is 21.4 Å². The Morgan fingerprint density at radius 2 is 1.89 bits per heavy atom. The summed E-state index contributed by atoms with van der Waals surface area (Å²) in [7, 11) is 1.46. The number of pyridine rings is 1. The van der Waals surface area contributed by atoms with Gasteiger partial charge in [-0.05, 0) is 24.6 Å². The van der Waals surface area contributed by atoms with Crippen LogP contribution in [-0.4, -0.2) is 28.7 Å². The molecule has 0 aliphatic carbocycles. The van der Waals surface area contributed by atoms with Crippen molar-refractivity contribution in [3.05, 3.63) is 41.6 Å². The third-order valence-electron chi connectivity index (χ3n) is 2.89. The van der Waals surface area contributed by atoms with Crippen molar-refractivity contribution < 1.29 is 9.59 Å². The molecule has 0 spiro atoms. The summed E-state index contributed by atoms with van der Waals surface area (Å²) in [4.78, 5) is 28.7. The van der Waals surface area contributed by atoms with Gasteiger partial charge in [0.25, 0.3) is 5.91 Å². The maximum atomic E-state index is 12.1. The largest absolute Gasteiger partial charge is 0.281 e. The molecule has 0 unspecified atom stereocenters. The highest BCUT2D eigenvalue weighted by molar-refractivity contribution is 6.04. The molecule has 1 aromatic carbocycles. The third kappa shape index (κ3) is 2.09. The predicted molar refractivity (Wildman–Crippen MR) is 69.3 cm³/mol. The van der Waals surface area contributed by atoms with Gasteiger partial charge in [0.15, 0.2) is 0 Å². The van der Waals surface area contributed by atoms with Crippen LogP contribution in [0, 0.1) is 6.92 Å². The summed E-state index contributed by atoms with van der Waals surface area (Å²) in [5, 5.41) is 0.983. The molecule has 0 N–H and O–H groups in total. The van der Waals surface area contributed by atoms with Gasteiger partial charge in [-0.25, -0.2) is 4.98 Å². The van der Waals surface area contributed by atoms with Crippen LogP contribution in [0.15, 0.2) is 30.3 Å². The van der Waals surface area contributed by atoms with E-state index in [1.807, 2.05) is 37.3 Å². The number of carbonyl (C=O) groups is 2. The van der Waals surface area contributed by atoms with Gasteiger partial charge >= 0.3 is 0 Å². The van der Waals surface area contributed by atoms with Gasteiger partial charge in [-0.15, -0.1) is 0 Å². The molecule has 0 saturated carbocycles. The van der Waals surface area contributed by atoms with E-state index in [-0.39, 0.29) is 11.8 Å². The maximum Gasteiger partial charge on any atom is 0.279 e. The Kier molecular flexibility index (Phi) is 3.10. The van der Waals surface area contributed by atoms with Crippen LogP contribution in [0.4, 0.5) is 0 Å². The van der Waals surface area contributed by atoms with E-state index in [2.05, 4.69) is 4.98 Å². The number of hydrogen-bond acceptors (Lipinski definition) is 3. The lowest BCUT2D eigenvalue weighted by atomic mass is 10.1. The summed E-state index contributed by atoms with van der Waals surface area (Å²) < 4.78 is 0. The Hall–Kier alpha value is -2.23. The molecule has 0 atom stereocenters. The first kappa shape index (κ1) is 12.2. The minimum Gasteiger partial charge on any atom is -0.281 e. The van der Waals surface area contributed by atoms with E-state index in [4.69, 9.17) is 0 Å². The summed E-state index contributed by atoms with van der Waals surface area (Å²) >= 11 is 0. The highest BCUT2D eigenvalue weighted by atomic mass is 16.2. The molecule has 2 amide bonds. The van der Waals surface area contributed by atoms with E-state index >= 15 is 0 Å². The van der Waals surface area contributed by atoms with Gasteiger partial charge in [-0.2, -0.15) is 0 Å². The zero-order valence-electron chi connectivity index (χ0n) is 10.6. The van der Waals surface area contributed by atoms with Crippen molar-refractivity contribution in [1.29, 1.82) is 0 Å². The Morgan fingerprint density at radius 3 is 2.56 bits per heavy atom. The van der Waals surface area contributed by atoms with Crippen molar-refractivity contribution in [2.45, 2.75) is 13.8 Å². The molecule has 0 aliphatic heterocycles. The second-order valence-electron chi connectivity index (χ2n) is 4.23. The van der Waals surface area contributed by atoms with E-state index in [9.17, 15) is 9.59 Å². The van der Waals surface area contributed by atoms with Gasteiger partial charge in [-0.1, -0.05) is 18.2 Å². The third-order valence-corrected chi connectivity index (χ3v) is 2.89. The number of aryl methyl sites for hydroxylation is 1. The number of nitrogens with zero attached hydrogens (tertiary/aromatic N) is 2. The summed E-state index contributed by atoms with van der Waals surface area (Å²) in [5.74, 6) is -0.667. The molecule has 18 heavy (non-hydrogen) atoms. The van der Waals surface area contributed by atoms with Crippen molar-refractivity contribution in [2.24, 2.45) is 0 Å². The molecule has 92 valence electrons. The maximum absolute atomic E-state index is 12.1. The van der Waals surface area contributed by atoms with Crippen LogP contribution in [0.2, 0.25) is 0 Å². The number of aromatic nitrogens is 1. The van der Waals surface area contributed by atoms with Crippen LogP contribution in [0.5, 0.6) is 0 Å². The Balaban J connectivity index is 2.54. The number of amides is 2. The zero-order chi connectivity index (χ0) is 13.3. The highest BCUT2D eigenvalue weighted by Gasteiger charge is 2.19. The minimum absolute atomic E-state index is 0.297. The smallest absolute Gasteiger partial charge is 0.279 e. The van der Waals surface area contributed by atoms with Gasteiger partial charge in [0.05, 0.1) is 5.52 Å². The number of fused-ring (bicyclic) bond motifs is 1. The molecule has 0 saturated heterocycles. The lowest BCUT2D eigenvalue weighted by molar-refractivity contribution is -0.125. The molecule has 4 nitrogen and oxygen atoms in total. The first-order chi connectivity index (χ1) is 8.50. The summed E-state index contributed by atoms with van der Waals surface area (Å²) in [5.41, 5.74) is 1.85. The lowest BCUT2D eigenvalue weighted by Gasteiger charge is -2.14. The standard InChI is InChI=1S/C14H14N2O2/c1-9-8-11-6-4-5-7-12(11)15-13(9)14(18)16(3)10(2)17/h4-8H,1-3H3. The van der Waals surface area contributed by atoms with E-state index in [0.29, 0.717) is 5.69 Å². The van der Waals surface area contributed by atoms with Gasteiger partial charge < -0.3 is 0 Å². The molecular weight excluding hydrogens is 228 g/mol. The van der Waals surface area contributed by atoms with Crippen molar-refractivity contribution in [2.75, 3.05) is 7.05 Å². The van der Waals surface area contributed by atoms with Gasteiger partial charge in [0, 0.05) is 19.4 Å². The van der Waals surface area contributed by atoms with Crippen LogP contribution in [0.25, 0.3) is 10.9 Å². The zero-order valence-corrected chi connectivity index (χ0v) is 10.6. The monoisotopic (exact) mass is 242 g/mol. The van der Waals surface area contributed by atoms with Crippen LogP contribution >= 0.6 is 0 Å². The molecular formula is C14H14N2O2. The highest BCUT2D eigenvalue weighted by Crippen LogP contribution is 2.17. The predicted octanol–water partition coefficient (Wildman–Crippen LogP) is 2.16. The van der Waals surface area contributed by atoms with Gasteiger partial charge in [0.1, 0.15) is 5.69 Å². The summed E-state index contributed by atoms with van der Waals surface area (Å²) in [6.07, 6.45) is 0. The van der Waals surface area contributed by atoms with Gasteiger partial charge in [0.2, 0.25) is 5.91 Å². The number of imide groups is 1.